The Morgan fingerprint density at radius 1 is 1.45 bits per heavy atom. The van der Waals surface area contributed by atoms with Crippen LogP contribution in [0, 0.1) is 0 Å². The van der Waals surface area contributed by atoms with Crippen molar-refractivity contribution in [3.63, 3.8) is 0 Å². The number of hydrogen-bond acceptors (Lipinski definition) is 4. The van der Waals surface area contributed by atoms with Crippen molar-refractivity contribution in [2.45, 2.75) is 38.4 Å². The number of rotatable bonds is 5. The van der Waals surface area contributed by atoms with E-state index in [2.05, 4.69) is 4.98 Å². The Morgan fingerprint density at radius 2 is 2.05 bits per heavy atom. The van der Waals surface area contributed by atoms with Crippen LogP contribution in [0.2, 0.25) is 0 Å². The lowest BCUT2D eigenvalue weighted by Gasteiger charge is -2.15. The number of carboxylic acids is 1. The zero-order valence-electron chi connectivity index (χ0n) is 10.7. The Labute approximate surface area is 116 Å². The molecule has 1 aromatic heterocycles. The molecule has 1 heterocycles. The SMILES string of the molecule is CC(C)c1ncc(C(=O)NC(CC(F)(F)F)C(=O)O)s1. The van der Waals surface area contributed by atoms with E-state index >= 15 is 0 Å². The van der Waals surface area contributed by atoms with Crippen molar-refractivity contribution in [2.24, 2.45) is 0 Å². The van der Waals surface area contributed by atoms with Gasteiger partial charge in [0, 0.05) is 5.92 Å². The van der Waals surface area contributed by atoms with Gasteiger partial charge in [-0.1, -0.05) is 13.8 Å². The van der Waals surface area contributed by atoms with Gasteiger partial charge in [0.15, 0.2) is 0 Å². The second-order valence-electron chi connectivity index (χ2n) is 4.40. The van der Waals surface area contributed by atoms with Gasteiger partial charge >= 0.3 is 12.1 Å². The number of amides is 1. The molecule has 2 N–H and O–H groups in total. The molecule has 0 bridgehead atoms. The van der Waals surface area contributed by atoms with Gasteiger partial charge < -0.3 is 10.4 Å². The number of nitrogens with zero attached hydrogens (tertiary/aromatic N) is 1. The van der Waals surface area contributed by atoms with Gasteiger partial charge in [-0.25, -0.2) is 9.78 Å². The molecule has 1 atom stereocenters. The summed E-state index contributed by atoms with van der Waals surface area (Å²) in [6.07, 6.45) is -5.07. The highest BCUT2D eigenvalue weighted by Gasteiger charge is 2.36. The fourth-order valence-electron chi connectivity index (χ4n) is 1.32. The number of thiazole rings is 1. The van der Waals surface area contributed by atoms with Gasteiger partial charge in [0.25, 0.3) is 5.91 Å². The topological polar surface area (TPSA) is 79.3 Å². The van der Waals surface area contributed by atoms with E-state index < -0.39 is 30.5 Å². The lowest BCUT2D eigenvalue weighted by Crippen LogP contribution is -2.43. The zero-order chi connectivity index (χ0) is 15.5. The largest absolute Gasteiger partial charge is 0.480 e. The Kier molecular flexibility index (Phi) is 5.09. The van der Waals surface area contributed by atoms with Crippen molar-refractivity contribution >= 4 is 23.2 Å². The first kappa shape index (κ1) is 16.4. The van der Waals surface area contributed by atoms with Crippen LogP contribution < -0.4 is 5.32 Å². The third-order valence-corrected chi connectivity index (χ3v) is 3.58. The second-order valence-corrected chi connectivity index (χ2v) is 5.46. The Morgan fingerprint density at radius 3 is 2.45 bits per heavy atom. The van der Waals surface area contributed by atoms with Crippen molar-refractivity contribution in [3.05, 3.63) is 16.1 Å². The van der Waals surface area contributed by atoms with Crippen LogP contribution in [-0.2, 0) is 4.79 Å². The Balaban J connectivity index is 2.77. The van der Waals surface area contributed by atoms with Crippen LogP contribution in [0.25, 0.3) is 0 Å². The minimum Gasteiger partial charge on any atom is -0.480 e. The Bertz CT molecular complexity index is 499. The molecule has 1 unspecified atom stereocenters. The fraction of sp³-hybridized carbons (Fsp3) is 0.545. The van der Waals surface area contributed by atoms with Crippen LogP contribution in [-0.4, -0.2) is 34.2 Å². The third kappa shape index (κ3) is 4.80. The molecule has 112 valence electrons. The molecule has 9 heteroatoms. The number of nitrogens with one attached hydrogen (secondary N) is 1. The number of aliphatic carboxylic acids is 1. The van der Waals surface area contributed by atoms with Crippen LogP contribution >= 0.6 is 11.3 Å². The molecule has 0 spiro atoms. The molecule has 0 aromatic carbocycles. The maximum atomic E-state index is 12.2. The van der Waals surface area contributed by atoms with Gasteiger partial charge in [-0.2, -0.15) is 13.2 Å². The summed E-state index contributed by atoms with van der Waals surface area (Å²) >= 11 is 1.02. The predicted octanol–water partition coefficient (Wildman–Crippen LogP) is 2.40. The summed E-state index contributed by atoms with van der Waals surface area (Å²) in [7, 11) is 0. The summed E-state index contributed by atoms with van der Waals surface area (Å²) in [6.45, 7) is 3.70. The monoisotopic (exact) mass is 310 g/mol. The average Bonchev–Trinajstić information content (AvgIpc) is 2.75. The fourth-order valence-corrected chi connectivity index (χ4v) is 2.14. The summed E-state index contributed by atoms with van der Waals surface area (Å²) in [4.78, 5) is 26.5. The highest BCUT2D eigenvalue weighted by atomic mass is 32.1. The van der Waals surface area contributed by atoms with E-state index in [4.69, 9.17) is 5.11 Å². The number of carbonyl (C=O) groups excluding carboxylic acids is 1. The molecule has 1 amide bonds. The molecule has 0 aliphatic rings. The maximum absolute atomic E-state index is 12.2. The van der Waals surface area contributed by atoms with Crippen molar-refractivity contribution in [2.75, 3.05) is 0 Å². The first-order valence-corrected chi connectivity index (χ1v) is 6.48. The summed E-state index contributed by atoms with van der Waals surface area (Å²) in [5.74, 6) is -2.53. The lowest BCUT2D eigenvalue weighted by atomic mass is 10.2. The molecule has 0 saturated heterocycles. The zero-order valence-corrected chi connectivity index (χ0v) is 11.5. The van der Waals surface area contributed by atoms with E-state index in [9.17, 15) is 22.8 Å². The van der Waals surface area contributed by atoms with E-state index in [1.807, 2.05) is 19.2 Å². The summed E-state index contributed by atoms with van der Waals surface area (Å²) in [5, 5.41) is 11.2. The highest BCUT2D eigenvalue weighted by Crippen LogP contribution is 2.23. The standard InChI is InChI=1S/C11H13F3N2O3S/c1-5(2)9-15-4-7(20-9)8(17)16-6(10(18)19)3-11(12,13)14/h4-6H,3H2,1-2H3,(H,16,17)(H,18,19). The Hall–Kier alpha value is -1.64. The number of halogens is 3. The van der Waals surface area contributed by atoms with Crippen molar-refractivity contribution in [1.29, 1.82) is 0 Å². The predicted molar refractivity (Wildman–Crippen MR) is 65.8 cm³/mol. The van der Waals surface area contributed by atoms with Crippen LogP contribution in [0.15, 0.2) is 6.20 Å². The summed E-state index contributed by atoms with van der Waals surface area (Å²) in [5.41, 5.74) is 0. The van der Waals surface area contributed by atoms with E-state index in [1.54, 1.807) is 0 Å². The number of carbonyl (C=O) groups is 2. The van der Waals surface area contributed by atoms with Gasteiger partial charge in [-0.05, 0) is 0 Å². The van der Waals surface area contributed by atoms with Gasteiger partial charge in [-0.15, -0.1) is 11.3 Å². The van der Waals surface area contributed by atoms with Gasteiger partial charge in [-0.3, -0.25) is 4.79 Å². The molecule has 0 aliphatic heterocycles. The average molecular weight is 310 g/mol. The molecule has 20 heavy (non-hydrogen) atoms. The highest BCUT2D eigenvalue weighted by molar-refractivity contribution is 7.13. The van der Waals surface area contributed by atoms with Crippen molar-refractivity contribution in [3.8, 4) is 0 Å². The quantitative estimate of drug-likeness (QED) is 0.875. The molecule has 0 aliphatic carbocycles. The third-order valence-electron chi connectivity index (χ3n) is 2.28. The molecule has 0 radical (unpaired) electrons. The normalized spacial score (nSPS) is 13.3. The molecule has 0 saturated carbocycles. The minimum absolute atomic E-state index is 0.0759. The first-order chi connectivity index (χ1) is 9.10. The van der Waals surface area contributed by atoms with Crippen LogP contribution in [0.3, 0.4) is 0 Å². The number of alkyl halides is 3. The van der Waals surface area contributed by atoms with Crippen molar-refractivity contribution in [1.82, 2.24) is 10.3 Å². The van der Waals surface area contributed by atoms with Crippen LogP contribution in [0.4, 0.5) is 13.2 Å². The lowest BCUT2D eigenvalue weighted by molar-refractivity contribution is -0.157. The number of carboxylic acid groups (broad SMARTS) is 1. The minimum atomic E-state index is -4.67. The maximum Gasteiger partial charge on any atom is 0.391 e. The van der Waals surface area contributed by atoms with E-state index in [1.165, 1.54) is 6.20 Å². The molecular formula is C11H13F3N2O3S. The smallest absolute Gasteiger partial charge is 0.391 e. The van der Waals surface area contributed by atoms with Gasteiger partial charge in [0.2, 0.25) is 0 Å². The molecule has 1 aromatic rings. The van der Waals surface area contributed by atoms with Crippen LogP contribution in [0.1, 0.15) is 40.9 Å². The summed E-state index contributed by atoms with van der Waals surface area (Å²) in [6, 6.07) is -2.01. The van der Waals surface area contributed by atoms with Crippen molar-refractivity contribution < 1.29 is 27.9 Å². The van der Waals surface area contributed by atoms with E-state index in [0.29, 0.717) is 5.01 Å². The summed E-state index contributed by atoms with van der Waals surface area (Å²) < 4.78 is 36.6. The molecular weight excluding hydrogens is 297 g/mol. The number of aromatic nitrogens is 1. The van der Waals surface area contributed by atoms with Gasteiger partial charge in [0.05, 0.1) is 17.6 Å². The number of hydrogen-bond donors (Lipinski definition) is 2. The first-order valence-electron chi connectivity index (χ1n) is 5.66. The van der Waals surface area contributed by atoms with E-state index in [-0.39, 0.29) is 10.8 Å². The van der Waals surface area contributed by atoms with Crippen LogP contribution in [0.5, 0.6) is 0 Å². The molecule has 0 fully saturated rings. The molecule has 5 nitrogen and oxygen atoms in total. The second kappa shape index (κ2) is 6.21. The van der Waals surface area contributed by atoms with E-state index in [0.717, 1.165) is 11.3 Å². The van der Waals surface area contributed by atoms with Gasteiger partial charge in [0.1, 0.15) is 10.9 Å². The molecule has 1 rings (SSSR count).